The summed E-state index contributed by atoms with van der Waals surface area (Å²) in [7, 11) is 1.58. The van der Waals surface area contributed by atoms with Gasteiger partial charge in [-0.25, -0.2) is 4.79 Å². The van der Waals surface area contributed by atoms with Gasteiger partial charge in [-0.15, -0.1) is 0 Å². The van der Waals surface area contributed by atoms with Gasteiger partial charge in [-0.3, -0.25) is 0 Å². The maximum Gasteiger partial charge on any atom is 0.335 e. The van der Waals surface area contributed by atoms with Crippen LogP contribution in [0.2, 0.25) is 5.02 Å². The Morgan fingerprint density at radius 2 is 2.14 bits per heavy atom. The molecule has 0 aliphatic rings. The number of carboxylic acids is 1. The van der Waals surface area contributed by atoms with Crippen molar-refractivity contribution in [2.24, 2.45) is 0 Å². The van der Waals surface area contributed by atoms with Crippen molar-refractivity contribution in [3.63, 3.8) is 0 Å². The standard InChI is InChI=1S/C15H13BrClNO3/c1-21-14-4-2-3-13(17)12(14)8-18-11-6-9(15(19)20)5-10(16)7-11/h2-7,18H,8H2,1H3,(H,19,20). The van der Waals surface area contributed by atoms with Crippen molar-refractivity contribution in [2.75, 3.05) is 12.4 Å². The minimum absolute atomic E-state index is 0.206. The molecule has 4 nitrogen and oxygen atoms in total. The molecular weight excluding hydrogens is 358 g/mol. The fourth-order valence-corrected chi connectivity index (χ4v) is 2.63. The van der Waals surface area contributed by atoms with E-state index in [1.165, 1.54) is 0 Å². The monoisotopic (exact) mass is 369 g/mol. The lowest BCUT2D eigenvalue weighted by Crippen LogP contribution is -2.04. The molecular formula is C15H13BrClNO3. The molecule has 110 valence electrons. The highest BCUT2D eigenvalue weighted by Crippen LogP contribution is 2.28. The summed E-state index contributed by atoms with van der Waals surface area (Å²) >= 11 is 9.46. The van der Waals surface area contributed by atoms with E-state index < -0.39 is 5.97 Å². The Hall–Kier alpha value is -1.72. The molecule has 2 aromatic carbocycles. The van der Waals surface area contributed by atoms with Gasteiger partial charge in [0.1, 0.15) is 5.75 Å². The Kier molecular flexibility index (Phi) is 5.09. The number of rotatable bonds is 5. The summed E-state index contributed by atoms with van der Waals surface area (Å²) in [5, 5.41) is 12.8. The Labute approximate surface area is 135 Å². The summed E-state index contributed by atoms with van der Waals surface area (Å²) in [5.74, 6) is -0.293. The number of hydrogen-bond donors (Lipinski definition) is 2. The van der Waals surface area contributed by atoms with Crippen molar-refractivity contribution in [2.45, 2.75) is 6.54 Å². The lowest BCUT2D eigenvalue weighted by molar-refractivity contribution is 0.0697. The fraction of sp³-hybridized carbons (Fsp3) is 0.133. The Morgan fingerprint density at radius 1 is 1.38 bits per heavy atom. The van der Waals surface area contributed by atoms with Crippen LogP contribution >= 0.6 is 27.5 Å². The zero-order valence-corrected chi connectivity index (χ0v) is 13.5. The van der Waals surface area contributed by atoms with E-state index in [2.05, 4.69) is 21.2 Å². The lowest BCUT2D eigenvalue weighted by atomic mass is 10.1. The first kappa shape index (κ1) is 15.7. The molecule has 2 rings (SSSR count). The van der Waals surface area contributed by atoms with Gasteiger partial charge in [0, 0.05) is 27.3 Å². The van der Waals surface area contributed by atoms with E-state index in [-0.39, 0.29) is 5.56 Å². The summed E-state index contributed by atoms with van der Waals surface area (Å²) in [4.78, 5) is 11.0. The van der Waals surface area contributed by atoms with Gasteiger partial charge in [0.05, 0.1) is 12.7 Å². The second-order valence-electron chi connectivity index (χ2n) is 4.31. The van der Waals surface area contributed by atoms with Crippen molar-refractivity contribution < 1.29 is 14.6 Å². The third kappa shape index (κ3) is 3.89. The molecule has 0 saturated heterocycles. The van der Waals surface area contributed by atoms with E-state index in [4.69, 9.17) is 21.4 Å². The molecule has 2 N–H and O–H groups in total. The quantitative estimate of drug-likeness (QED) is 0.818. The van der Waals surface area contributed by atoms with Gasteiger partial charge in [-0.1, -0.05) is 33.6 Å². The number of methoxy groups -OCH3 is 1. The molecule has 0 fully saturated rings. The Balaban J connectivity index is 2.23. The lowest BCUT2D eigenvalue weighted by Gasteiger charge is -2.13. The zero-order valence-electron chi connectivity index (χ0n) is 11.2. The molecule has 0 aliphatic carbocycles. The molecule has 0 atom stereocenters. The number of nitrogens with one attached hydrogen (secondary N) is 1. The molecule has 21 heavy (non-hydrogen) atoms. The molecule has 0 unspecified atom stereocenters. The largest absolute Gasteiger partial charge is 0.496 e. The molecule has 0 heterocycles. The summed E-state index contributed by atoms with van der Waals surface area (Å²) in [6, 6.07) is 10.3. The average molecular weight is 371 g/mol. The van der Waals surface area contributed by atoms with Crippen molar-refractivity contribution in [3.05, 3.63) is 57.0 Å². The van der Waals surface area contributed by atoms with E-state index in [0.717, 1.165) is 5.56 Å². The zero-order chi connectivity index (χ0) is 15.4. The van der Waals surface area contributed by atoms with Crippen LogP contribution < -0.4 is 10.1 Å². The van der Waals surface area contributed by atoms with Gasteiger partial charge in [0.25, 0.3) is 0 Å². The number of carboxylic acid groups (broad SMARTS) is 1. The number of halogens is 2. The van der Waals surface area contributed by atoms with Crippen molar-refractivity contribution in [1.29, 1.82) is 0 Å². The van der Waals surface area contributed by atoms with Crippen LogP contribution in [0.5, 0.6) is 5.75 Å². The Morgan fingerprint density at radius 3 is 2.81 bits per heavy atom. The maximum atomic E-state index is 11.0. The molecule has 0 saturated carbocycles. The number of aromatic carboxylic acids is 1. The minimum atomic E-state index is -0.977. The highest BCUT2D eigenvalue weighted by atomic mass is 79.9. The van der Waals surface area contributed by atoms with Crippen molar-refractivity contribution in [1.82, 2.24) is 0 Å². The molecule has 2 aromatic rings. The van der Waals surface area contributed by atoms with Gasteiger partial charge in [-0.05, 0) is 30.3 Å². The van der Waals surface area contributed by atoms with Crippen molar-refractivity contribution in [3.8, 4) is 5.75 Å². The molecule has 0 bridgehead atoms. The first-order valence-electron chi connectivity index (χ1n) is 6.10. The van der Waals surface area contributed by atoms with Gasteiger partial charge in [-0.2, -0.15) is 0 Å². The average Bonchev–Trinajstić information content (AvgIpc) is 2.45. The summed E-state index contributed by atoms with van der Waals surface area (Å²) in [6.07, 6.45) is 0. The van der Waals surface area contributed by atoms with Crippen LogP contribution in [0.3, 0.4) is 0 Å². The highest BCUT2D eigenvalue weighted by molar-refractivity contribution is 9.10. The maximum absolute atomic E-state index is 11.0. The van der Waals surface area contributed by atoms with E-state index in [0.29, 0.717) is 27.5 Å². The van der Waals surface area contributed by atoms with E-state index in [1.807, 2.05) is 12.1 Å². The topological polar surface area (TPSA) is 58.6 Å². The van der Waals surface area contributed by atoms with Crippen LogP contribution in [-0.4, -0.2) is 18.2 Å². The predicted octanol–water partition coefficient (Wildman–Crippen LogP) is 4.42. The first-order valence-corrected chi connectivity index (χ1v) is 7.27. The second kappa shape index (κ2) is 6.83. The van der Waals surface area contributed by atoms with E-state index in [9.17, 15) is 4.79 Å². The number of ether oxygens (including phenoxy) is 1. The molecule has 0 amide bonds. The number of hydrogen-bond acceptors (Lipinski definition) is 3. The van der Waals surface area contributed by atoms with E-state index in [1.54, 1.807) is 31.4 Å². The first-order chi connectivity index (χ1) is 10.0. The van der Waals surface area contributed by atoms with Crippen LogP contribution in [0.25, 0.3) is 0 Å². The highest BCUT2D eigenvalue weighted by Gasteiger charge is 2.09. The molecule has 0 radical (unpaired) electrons. The number of benzene rings is 2. The third-order valence-electron chi connectivity index (χ3n) is 2.91. The molecule has 0 aromatic heterocycles. The van der Waals surface area contributed by atoms with Gasteiger partial charge >= 0.3 is 5.97 Å². The van der Waals surface area contributed by atoms with E-state index >= 15 is 0 Å². The SMILES string of the molecule is COc1cccc(Cl)c1CNc1cc(Br)cc(C(=O)O)c1. The van der Waals surface area contributed by atoms with Gasteiger partial charge < -0.3 is 15.2 Å². The van der Waals surface area contributed by atoms with Crippen molar-refractivity contribution >= 4 is 39.2 Å². The predicted molar refractivity (Wildman–Crippen MR) is 86.4 cm³/mol. The molecule has 0 spiro atoms. The summed E-state index contributed by atoms with van der Waals surface area (Å²) < 4.78 is 5.96. The van der Waals surface area contributed by atoms with Crippen LogP contribution in [0.1, 0.15) is 15.9 Å². The smallest absolute Gasteiger partial charge is 0.335 e. The Bertz CT molecular complexity index is 676. The number of anilines is 1. The van der Waals surface area contributed by atoms with Crippen LogP contribution in [0.15, 0.2) is 40.9 Å². The second-order valence-corrected chi connectivity index (χ2v) is 5.63. The van der Waals surface area contributed by atoms with Crippen LogP contribution in [0, 0.1) is 0 Å². The van der Waals surface area contributed by atoms with Gasteiger partial charge in [0.15, 0.2) is 0 Å². The number of carbonyl (C=O) groups is 1. The third-order valence-corrected chi connectivity index (χ3v) is 3.72. The van der Waals surface area contributed by atoms with Crippen LogP contribution in [-0.2, 0) is 6.54 Å². The molecule has 0 aliphatic heterocycles. The minimum Gasteiger partial charge on any atom is -0.496 e. The normalized spacial score (nSPS) is 10.2. The van der Waals surface area contributed by atoms with Crippen LogP contribution in [0.4, 0.5) is 5.69 Å². The molecule has 6 heteroatoms. The fourth-order valence-electron chi connectivity index (χ4n) is 1.91. The summed E-state index contributed by atoms with van der Waals surface area (Å²) in [6.45, 7) is 0.429. The summed E-state index contributed by atoms with van der Waals surface area (Å²) in [5.41, 5.74) is 1.71. The van der Waals surface area contributed by atoms with Gasteiger partial charge in [0.2, 0.25) is 0 Å².